The maximum atomic E-state index is 11.5. The molecule has 1 heterocycles. The van der Waals surface area contributed by atoms with Gasteiger partial charge in [0.05, 0.1) is 13.2 Å². The SMILES string of the molecule is O=C(CCCO)Nc1ccc(N2CCOCC2)cc1. The molecule has 0 spiro atoms. The highest BCUT2D eigenvalue weighted by Gasteiger charge is 2.11. The van der Waals surface area contributed by atoms with Crippen LogP contribution in [-0.2, 0) is 9.53 Å². The van der Waals surface area contributed by atoms with Crippen LogP contribution in [0.1, 0.15) is 12.8 Å². The number of carbonyl (C=O) groups is 1. The summed E-state index contributed by atoms with van der Waals surface area (Å²) in [5.41, 5.74) is 1.94. The van der Waals surface area contributed by atoms with E-state index < -0.39 is 0 Å². The third-order valence-corrected chi connectivity index (χ3v) is 3.09. The van der Waals surface area contributed by atoms with E-state index in [2.05, 4.69) is 10.2 Å². The van der Waals surface area contributed by atoms with E-state index in [9.17, 15) is 4.79 Å². The third kappa shape index (κ3) is 4.22. The zero-order valence-corrected chi connectivity index (χ0v) is 11.0. The number of ether oxygens (including phenoxy) is 1. The molecule has 1 amide bonds. The number of nitrogens with zero attached hydrogens (tertiary/aromatic N) is 1. The normalized spacial score (nSPS) is 15.3. The molecule has 5 heteroatoms. The molecule has 1 aromatic rings. The van der Waals surface area contributed by atoms with Gasteiger partial charge >= 0.3 is 0 Å². The molecule has 1 aliphatic rings. The quantitative estimate of drug-likeness (QED) is 0.840. The molecule has 5 nitrogen and oxygen atoms in total. The molecule has 104 valence electrons. The molecule has 0 unspecified atom stereocenters. The molecular formula is C14H20N2O3. The van der Waals surface area contributed by atoms with Crippen molar-refractivity contribution < 1.29 is 14.6 Å². The monoisotopic (exact) mass is 264 g/mol. The summed E-state index contributed by atoms with van der Waals surface area (Å²) in [6.07, 6.45) is 0.847. The summed E-state index contributed by atoms with van der Waals surface area (Å²) in [4.78, 5) is 13.8. The van der Waals surface area contributed by atoms with Gasteiger partial charge in [-0.1, -0.05) is 0 Å². The second-order valence-electron chi connectivity index (χ2n) is 4.52. The predicted octanol–water partition coefficient (Wildman–Crippen LogP) is 1.23. The number of hydrogen-bond donors (Lipinski definition) is 2. The van der Waals surface area contributed by atoms with Crippen molar-refractivity contribution >= 4 is 17.3 Å². The average molecular weight is 264 g/mol. The highest BCUT2D eigenvalue weighted by Crippen LogP contribution is 2.19. The van der Waals surface area contributed by atoms with Gasteiger partial charge in [-0.2, -0.15) is 0 Å². The van der Waals surface area contributed by atoms with Crippen LogP contribution in [0.4, 0.5) is 11.4 Å². The summed E-state index contributed by atoms with van der Waals surface area (Å²) >= 11 is 0. The third-order valence-electron chi connectivity index (χ3n) is 3.09. The first kappa shape index (κ1) is 13.8. The van der Waals surface area contributed by atoms with E-state index >= 15 is 0 Å². The van der Waals surface area contributed by atoms with Gasteiger partial charge in [0, 0.05) is 37.5 Å². The average Bonchev–Trinajstić information content (AvgIpc) is 2.47. The lowest BCUT2D eigenvalue weighted by molar-refractivity contribution is -0.116. The highest BCUT2D eigenvalue weighted by molar-refractivity contribution is 5.90. The van der Waals surface area contributed by atoms with Gasteiger partial charge in [-0.15, -0.1) is 0 Å². The zero-order valence-electron chi connectivity index (χ0n) is 11.0. The molecule has 0 aromatic heterocycles. The fraction of sp³-hybridized carbons (Fsp3) is 0.500. The van der Waals surface area contributed by atoms with Gasteiger partial charge in [0.1, 0.15) is 0 Å². The smallest absolute Gasteiger partial charge is 0.224 e. The highest BCUT2D eigenvalue weighted by atomic mass is 16.5. The molecule has 1 saturated heterocycles. The van der Waals surface area contributed by atoms with E-state index in [1.165, 1.54) is 0 Å². The summed E-state index contributed by atoms with van der Waals surface area (Å²) in [7, 11) is 0. The van der Waals surface area contributed by atoms with Crippen LogP contribution in [0.2, 0.25) is 0 Å². The fourth-order valence-electron chi connectivity index (χ4n) is 2.04. The van der Waals surface area contributed by atoms with E-state index in [4.69, 9.17) is 9.84 Å². The summed E-state index contributed by atoms with van der Waals surface area (Å²) in [6, 6.07) is 7.82. The number of aliphatic hydroxyl groups excluding tert-OH is 1. The molecule has 2 rings (SSSR count). The number of amides is 1. The van der Waals surface area contributed by atoms with Crippen LogP contribution >= 0.6 is 0 Å². The minimum atomic E-state index is -0.0619. The summed E-state index contributed by atoms with van der Waals surface area (Å²) in [6.45, 7) is 3.38. The number of anilines is 2. The Bertz CT molecular complexity index is 400. The number of rotatable bonds is 5. The lowest BCUT2D eigenvalue weighted by Crippen LogP contribution is -2.36. The van der Waals surface area contributed by atoms with Crippen molar-refractivity contribution in [3.8, 4) is 0 Å². The molecule has 0 bridgehead atoms. The lowest BCUT2D eigenvalue weighted by Gasteiger charge is -2.28. The van der Waals surface area contributed by atoms with Crippen molar-refractivity contribution in [2.45, 2.75) is 12.8 Å². The first-order valence-electron chi connectivity index (χ1n) is 6.63. The van der Waals surface area contributed by atoms with E-state index in [0.717, 1.165) is 37.7 Å². The Morgan fingerprint density at radius 1 is 1.26 bits per heavy atom. The summed E-state index contributed by atoms with van der Waals surface area (Å²) in [5, 5.41) is 11.5. The number of benzene rings is 1. The molecule has 0 aliphatic carbocycles. The van der Waals surface area contributed by atoms with Gasteiger partial charge < -0.3 is 20.1 Å². The van der Waals surface area contributed by atoms with Crippen LogP contribution in [-0.4, -0.2) is 43.9 Å². The molecule has 19 heavy (non-hydrogen) atoms. The Balaban J connectivity index is 1.88. The van der Waals surface area contributed by atoms with Crippen molar-refractivity contribution in [1.29, 1.82) is 0 Å². The van der Waals surface area contributed by atoms with Gasteiger partial charge in [-0.25, -0.2) is 0 Å². The summed E-state index contributed by atoms with van der Waals surface area (Å²) < 4.78 is 5.32. The van der Waals surface area contributed by atoms with Crippen molar-refractivity contribution in [3.05, 3.63) is 24.3 Å². The van der Waals surface area contributed by atoms with Crippen molar-refractivity contribution in [2.75, 3.05) is 43.1 Å². The molecule has 1 aromatic carbocycles. The van der Waals surface area contributed by atoms with E-state index in [0.29, 0.717) is 12.8 Å². The number of morpholine rings is 1. The van der Waals surface area contributed by atoms with Gasteiger partial charge in [0.15, 0.2) is 0 Å². The van der Waals surface area contributed by atoms with Crippen molar-refractivity contribution in [1.82, 2.24) is 0 Å². The van der Waals surface area contributed by atoms with Crippen LogP contribution in [0.25, 0.3) is 0 Å². The molecule has 0 atom stereocenters. The number of hydrogen-bond acceptors (Lipinski definition) is 4. The lowest BCUT2D eigenvalue weighted by atomic mass is 10.2. The molecule has 0 saturated carbocycles. The van der Waals surface area contributed by atoms with Crippen LogP contribution < -0.4 is 10.2 Å². The Morgan fingerprint density at radius 3 is 2.58 bits per heavy atom. The number of aliphatic hydroxyl groups is 1. The summed E-state index contributed by atoms with van der Waals surface area (Å²) in [5.74, 6) is -0.0619. The van der Waals surface area contributed by atoms with Crippen LogP contribution in [0, 0.1) is 0 Å². The minimum absolute atomic E-state index is 0.0450. The van der Waals surface area contributed by atoms with E-state index in [1.54, 1.807) is 0 Å². The second kappa shape index (κ2) is 7.11. The fourth-order valence-corrected chi connectivity index (χ4v) is 2.04. The minimum Gasteiger partial charge on any atom is -0.396 e. The Labute approximate surface area is 113 Å². The molecule has 1 fully saturated rings. The van der Waals surface area contributed by atoms with Crippen molar-refractivity contribution in [3.63, 3.8) is 0 Å². The van der Waals surface area contributed by atoms with Gasteiger partial charge in [0.25, 0.3) is 0 Å². The van der Waals surface area contributed by atoms with E-state index in [-0.39, 0.29) is 12.5 Å². The Hall–Kier alpha value is -1.59. The second-order valence-corrected chi connectivity index (χ2v) is 4.52. The molecule has 2 N–H and O–H groups in total. The number of carbonyl (C=O) groups excluding carboxylic acids is 1. The van der Waals surface area contributed by atoms with Crippen LogP contribution in [0.3, 0.4) is 0 Å². The molecular weight excluding hydrogens is 244 g/mol. The predicted molar refractivity (Wildman–Crippen MR) is 74.4 cm³/mol. The first-order chi connectivity index (χ1) is 9.29. The van der Waals surface area contributed by atoms with E-state index in [1.807, 2.05) is 24.3 Å². The largest absolute Gasteiger partial charge is 0.396 e. The molecule has 0 radical (unpaired) electrons. The topological polar surface area (TPSA) is 61.8 Å². The Kier molecular flexibility index (Phi) is 5.18. The van der Waals surface area contributed by atoms with Crippen molar-refractivity contribution in [2.24, 2.45) is 0 Å². The maximum absolute atomic E-state index is 11.5. The van der Waals surface area contributed by atoms with Gasteiger partial charge in [-0.3, -0.25) is 4.79 Å². The number of nitrogens with one attached hydrogen (secondary N) is 1. The Morgan fingerprint density at radius 2 is 1.95 bits per heavy atom. The maximum Gasteiger partial charge on any atom is 0.224 e. The van der Waals surface area contributed by atoms with Gasteiger partial charge in [-0.05, 0) is 30.7 Å². The van der Waals surface area contributed by atoms with Crippen LogP contribution in [0.5, 0.6) is 0 Å². The zero-order chi connectivity index (χ0) is 13.5. The molecule has 1 aliphatic heterocycles. The standard InChI is InChI=1S/C14H20N2O3/c17-9-1-2-14(18)15-12-3-5-13(6-4-12)16-7-10-19-11-8-16/h3-6,17H,1-2,7-11H2,(H,15,18). The first-order valence-corrected chi connectivity index (χ1v) is 6.63. The van der Waals surface area contributed by atoms with Gasteiger partial charge in [0.2, 0.25) is 5.91 Å². The van der Waals surface area contributed by atoms with Crippen LogP contribution in [0.15, 0.2) is 24.3 Å².